The van der Waals surface area contributed by atoms with Crippen molar-refractivity contribution in [3.05, 3.63) is 11.9 Å². The van der Waals surface area contributed by atoms with Gasteiger partial charge in [-0.05, 0) is 99.4 Å². The van der Waals surface area contributed by atoms with Gasteiger partial charge in [-0.15, -0.1) is 0 Å². The van der Waals surface area contributed by atoms with Crippen LogP contribution in [0, 0.1) is 29.1 Å². The van der Waals surface area contributed by atoms with Gasteiger partial charge >= 0.3 is 0 Å². The van der Waals surface area contributed by atoms with E-state index in [-0.39, 0.29) is 11.2 Å². The van der Waals surface area contributed by atoms with E-state index in [2.05, 4.69) is 13.8 Å². The first-order valence-electron chi connectivity index (χ1n) is 11.0. The average Bonchev–Trinajstić information content (AvgIpc) is 2.62. The van der Waals surface area contributed by atoms with E-state index in [9.17, 15) is 4.39 Å². The zero-order valence-electron chi connectivity index (χ0n) is 16.4. The minimum Gasteiger partial charge on any atom is -0.368 e. The van der Waals surface area contributed by atoms with Gasteiger partial charge in [0.25, 0.3) is 0 Å². The van der Waals surface area contributed by atoms with Gasteiger partial charge in [0.05, 0.1) is 6.61 Å². The van der Waals surface area contributed by atoms with Crippen LogP contribution < -0.4 is 0 Å². The molecule has 0 aromatic rings. The molecule has 0 heterocycles. The molecule has 0 spiro atoms. The number of hydrogen-bond acceptors (Lipinski definition) is 1. The van der Waals surface area contributed by atoms with Crippen LogP contribution in [0.2, 0.25) is 0 Å². The summed E-state index contributed by atoms with van der Waals surface area (Å²) in [6.45, 7) is 5.39. The standard InChI is InChI=1S/C23H37FO/c1-17-3-7-19(8-4-17)20-9-5-18(6-10-20)16-25-23-13-11-22(2,12-14-23)15-21(23)24/h15,17-20H,3-14,16H2,1-2H3. The Hall–Kier alpha value is -0.370. The van der Waals surface area contributed by atoms with Crippen LogP contribution in [0.1, 0.15) is 90.9 Å². The Kier molecular flexibility index (Phi) is 5.03. The molecule has 25 heavy (non-hydrogen) atoms. The van der Waals surface area contributed by atoms with Gasteiger partial charge in [0.1, 0.15) is 11.4 Å². The van der Waals surface area contributed by atoms with Crippen molar-refractivity contribution in [1.82, 2.24) is 0 Å². The Labute approximate surface area is 153 Å². The molecule has 0 aliphatic heterocycles. The van der Waals surface area contributed by atoms with Gasteiger partial charge in [0, 0.05) is 0 Å². The lowest BCUT2D eigenvalue weighted by Gasteiger charge is -2.48. The van der Waals surface area contributed by atoms with Gasteiger partial charge in [-0.3, -0.25) is 0 Å². The molecule has 0 saturated heterocycles. The normalized spacial score (nSPS) is 47.6. The van der Waals surface area contributed by atoms with E-state index in [1.807, 2.05) is 6.08 Å². The highest BCUT2D eigenvalue weighted by Crippen LogP contribution is 2.53. The number of ether oxygens (including phenoxy) is 1. The predicted molar refractivity (Wildman–Crippen MR) is 101 cm³/mol. The molecule has 0 aromatic carbocycles. The SMILES string of the molecule is CC1CCC(C2CCC(COC34CCC(C)(C=C3F)CC4)CC2)CC1. The monoisotopic (exact) mass is 348 g/mol. The van der Waals surface area contributed by atoms with Gasteiger partial charge in [-0.1, -0.05) is 26.7 Å². The summed E-state index contributed by atoms with van der Waals surface area (Å²) in [5.41, 5.74) is -0.446. The summed E-state index contributed by atoms with van der Waals surface area (Å²) in [7, 11) is 0. The van der Waals surface area contributed by atoms with Gasteiger partial charge in [-0.2, -0.15) is 0 Å². The van der Waals surface area contributed by atoms with Crippen LogP contribution in [0.4, 0.5) is 4.39 Å². The van der Waals surface area contributed by atoms with Gasteiger partial charge in [0.15, 0.2) is 0 Å². The zero-order chi connectivity index (χ0) is 17.5. The second-order valence-electron chi connectivity index (χ2n) is 10.3. The number of hydrogen-bond donors (Lipinski definition) is 0. The third-order valence-electron chi connectivity index (χ3n) is 8.32. The zero-order valence-corrected chi connectivity index (χ0v) is 16.4. The predicted octanol–water partition coefficient (Wildman–Crippen LogP) is 6.82. The molecule has 0 atom stereocenters. The summed E-state index contributed by atoms with van der Waals surface area (Å²) in [4.78, 5) is 0. The first-order valence-corrected chi connectivity index (χ1v) is 11.0. The molecule has 142 valence electrons. The van der Waals surface area contributed by atoms with Crippen LogP contribution >= 0.6 is 0 Å². The molecule has 5 aliphatic rings. The summed E-state index contributed by atoms with van der Waals surface area (Å²) >= 11 is 0. The van der Waals surface area contributed by atoms with E-state index < -0.39 is 5.60 Å². The smallest absolute Gasteiger partial charge is 0.128 e. The summed E-state index contributed by atoms with van der Waals surface area (Å²) < 4.78 is 20.9. The quantitative estimate of drug-likeness (QED) is 0.541. The van der Waals surface area contributed by atoms with Crippen molar-refractivity contribution in [2.45, 2.75) is 96.5 Å². The fourth-order valence-corrected chi connectivity index (χ4v) is 6.12. The molecule has 2 bridgehead atoms. The summed E-state index contributed by atoms with van der Waals surface area (Å²) in [6, 6.07) is 0. The lowest BCUT2D eigenvalue weighted by molar-refractivity contribution is -0.1000. The van der Waals surface area contributed by atoms with Crippen LogP contribution in [0.3, 0.4) is 0 Å². The molecule has 5 aliphatic carbocycles. The van der Waals surface area contributed by atoms with Crippen LogP contribution in [0.15, 0.2) is 11.9 Å². The largest absolute Gasteiger partial charge is 0.368 e. The van der Waals surface area contributed by atoms with E-state index in [0.29, 0.717) is 5.92 Å². The molecule has 0 N–H and O–H groups in total. The van der Waals surface area contributed by atoms with E-state index in [1.165, 1.54) is 51.4 Å². The number of fused-ring (bicyclic) bond motifs is 2. The van der Waals surface area contributed by atoms with E-state index >= 15 is 0 Å². The van der Waals surface area contributed by atoms with E-state index in [0.717, 1.165) is 50.0 Å². The molecule has 0 amide bonds. The number of halogens is 1. The van der Waals surface area contributed by atoms with Crippen molar-refractivity contribution in [3.8, 4) is 0 Å². The maximum Gasteiger partial charge on any atom is 0.128 e. The fourth-order valence-electron chi connectivity index (χ4n) is 6.12. The topological polar surface area (TPSA) is 9.23 Å². The molecule has 0 aromatic heterocycles. The highest BCUT2D eigenvalue weighted by Gasteiger charge is 2.49. The third-order valence-corrected chi connectivity index (χ3v) is 8.32. The fraction of sp³-hybridized carbons (Fsp3) is 0.913. The van der Waals surface area contributed by atoms with Crippen molar-refractivity contribution in [2.24, 2.45) is 29.1 Å². The minimum atomic E-state index is -0.548. The lowest BCUT2D eigenvalue weighted by Crippen LogP contribution is -2.46. The minimum absolute atomic E-state index is 0.0394. The molecule has 0 unspecified atom stereocenters. The van der Waals surface area contributed by atoms with Gasteiger partial charge < -0.3 is 4.74 Å². The molecule has 3 fully saturated rings. The molecule has 1 nitrogen and oxygen atoms in total. The van der Waals surface area contributed by atoms with Crippen molar-refractivity contribution < 1.29 is 9.13 Å². The molecule has 5 rings (SSSR count). The van der Waals surface area contributed by atoms with Crippen LogP contribution in [-0.2, 0) is 4.74 Å². The van der Waals surface area contributed by atoms with Crippen molar-refractivity contribution in [3.63, 3.8) is 0 Å². The Morgan fingerprint density at radius 1 is 0.920 bits per heavy atom. The van der Waals surface area contributed by atoms with Gasteiger partial charge in [0.2, 0.25) is 0 Å². The second-order valence-corrected chi connectivity index (χ2v) is 10.3. The summed E-state index contributed by atoms with van der Waals surface area (Å²) in [5.74, 6) is 3.61. The lowest BCUT2D eigenvalue weighted by atomic mass is 9.63. The van der Waals surface area contributed by atoms with Crippen LogP contribution in [0.5, 0.6) is 0 Å². The first-order chi connectivity index (χ1) is 12.0. The molecular weight excluding hydrogens is 311 g/mol. The number of rotatable bonds is 4. The summed E-state index contributed by atoms with van der Waals surface area (Å²) in [6.07, 6.45) is 17.0. The highest BCUT2D eigenvalue weighted by atomic mass is 19.1. The van der Waals surface area contributed by atoms with Crippen molar-refractivity contribution >= 4 is 0 Å². The molecule has 3 saturated carbocycles. The second kappa shape index (κ2) is 6.98. The maximum atomic E-state index is 14.6. The molecular formula is C23H37FO. The third kappa shape index (κ3) is 3.70. The summed E-state index contributed by atoms with van der Waals surface area (Å²) in [5, 5.41) is 0. The Balaban J connectivity index is 1.25. The molecule has 0 radical (unpaired) electrons. The van der Waals surface area contributed by atoms with Crippen LogP contribution in [0.25, 0.3) is 0 Å². The van der Waals surface area contributed by atoms with Crippen LogP contribution in [-0.4, -0.2) is 12.2 Å². The average molecular weight is 349 g/mol. The maximum absolute atomic E-state index is 14.6. The Bertz CT molecular complexity index is 486. The highest BCUT2D eigenvalue weighted by molar-refractivity contribution is 5.23. The van der Waals surface area contributed by atoms with E-state index in [4.69, 9.17) is 4.74 Å². The first kappa shape index (κ1) is 18.0. The van der Waals surface area contributed by atoms with Crippen molar-refractivity contribution in [2.75, 3.05) is 6.61 Å². The number of allylic oxidation sites excluding steroid dienone is 1. The van der Waals surface area contributed by atoms with Gasteiger partial charge in [-0.25, -0.2) is 4.39 Å². The van der Waals surface area contributed by atoms with Crippen molar-refractivity contribution in [1.29, 1.82) is 0 Å². The molecule has 2 heteroatoms. The Morgan fingerprint density at radius 2 is 1.48 bits per heavy atom. The van der Waals surface area contributed by atoms with E-state index in [1.54, 1.807) is 0 Å². The Morgan fingerprint density at radius 3 is 2.04 bits per heavy atom.